The Labute approximate surface area is 129 Å². The Morgan fingerprint density at radius 3 is 2.24 bits per heavy atom. The quantitative estimate of drug-likeness (QED) is 0.760. The van der Waals surface area contributed by atoms with Crippen LogP contribution in [-0.4, -0.2) is 14.5 Å². The van der Waals surface area contributed by atoms with Gasteiger partial charge in [-0.15, -0.1) is 0 Å². The van der Waals surface area contributed by atoms with Crippen LogP contribution in [0, 0.1) is 12.8 Å². The van der Waals surface area contributed by atoms with E-state index < -0.39 is 10.1 Å². The summed E-state index contributed by atoms with van der Waals surface area (Å²) < 4.78 is 29.5. The van der Waals surface area contributed by atoms with Crippen LogP contribution in [0.25, 0.3) is 0 Å². The number of hydrogen-bond donors (Lipinski definition) is 0. The van der Waals surface area contributed by atoms with Gasteiger partial charge in [0.25, 0.3) is 10.1 Å². The van der Waals surface area contributed by atoms with E-state index in [2.05, 4.69) is 20.8 Å². The largest absolute Gasteiger partial charge is 0.297 e. The van der Waals surface area contributed by atoms with Gasteiger partial charge in [0.2, 0.25) is 0 Å². The van der Waals surface area contributed by atoms with Crippen LogP contribution in [-0.2, 0) is 14.3 Å². The van der Waals surface area contributed by atoms with Crippen molar-refractivity contribution in [2.45, 2.75) is 70.8 Å². The van der Waals surface area contributed by atoms with Crippen LogP contribution < -0.4 is 0 Å². The second kappa shape index (κ2) is 8.54. The minimum atomic E-state index is -3.60. The van der Waals surface area contributed by atoms with E-state index in [0.29, 0.717) is 5.92 Å². The van der Waals surface area contributed by atoms with E-state index in [1.165, 1.54) is 12.8 Å². The predicted molar refractivity (Wildman–Crippen MR) is 86.8 cm³/mol. The molecule has 0 saturated heterocycles. The van der Waals surface area contributed by atoms with Crippen molar-refractivity contribution in [3.63, 3.8) is 0 Å². The van der Waals surface area contributed by atoms with Gasteiger partial charge in [0, 0.05) is 0 Å². The summed E-state index contributed by atoms with van der Waals surface area (Å²) in [5.41, 5.74) is 1.04. The summed E-state index contributed by atoms with van der Waals surface area (Å²) in [5, 5.41) is 0. The Kier molecular flexibility index (Phi) is 7.40. The van der Waals surface area contributed by atoms with Crippen molar-refractivity contribution in [1.82, 2.24) is 0 Å². The van der Waals surface area contributed by atoms with Gasteiger partial charge in [0.1, 0.15) is 0 Å². The van der Waals surface area contributed by atoms with Crippen LogP contribution in [0.1, 0.15) is 58.4 Å². The number of hydrogen-bond acceptors (Lipinski definition) is 3. The van der Waals surface area contributed by atoms with E-state index in [0.717, 1.165) is 24.8 Å². The molecule has 3 nitrogen and oxygen atoms in total. The lowest BCUT2D eigenvalue weighted by atomic mass is 9.89. The van der Waals surface area contributed by atoms with Gasteiger partial charge < -0.3 is 0 Å². The summed E-state index contributed by atoms with van der Waals surface area (Å²) in [4.78, 5) is 0.256. The van der Waals surface area contributed by atoms with Gasteiger partial charge in [-0.3, -0.25) is 4.18 Å². The zero-order valence-electron chi connectivity index (χ0n) is 13.6. The first-order chi connectivity index (χ1) is 9.89. The summed E-state index contributed by atoms with van der Waals surface area (Å²) >= 11 is 0. The van der Waals surface area contributed by atoms with E-state index >= 15 is 0 Å². The lowest BCUT2D eigenvalue weighted by Gasteiger charge is -2.26. The maximum absolute atomic E-state index is 12.1. The molecule has 1 aliphatic carbocycles. The average Bonchev–Trinajstić information content (AvgIpc) is 2.39. The fraction of sp³-hybridized carbons (Fsp3) is 0.647. The molecule has 1 aromatic rings. The molecule has 120 valence electrons. The fourth-order valence-electron chi connectivity index (χ4n) is 2.41. The van der Waals surface area contributed by atoms with Gasteiger partial charge in [0.15, 0.2) is 0 Å². The summed E-state index contributed by atoms with van der Waals surface area (Å²) in [6, 6.07) is 6.80. The molecular formula is C17H28O3S. The first-order valence-electron chi connectivity index (χ1n) is 7.89. The summed E-state index contributed by atoms with van der Waals surface area (Å²) in [7, 11) is -3.60. The van der Waals surface area contributed by atoms with E-state index in [4.69, 9.17) is 4.18 Å². The molecule has 2 rings (SSSR count). The minimum absolute atomic E-state index is 0.153. The Hall–Kier alpha value is -0.870. The van der Waals surface area contributed by atoms with Crippen molar-refractivity contribution in [3.05, 3.63) is 29.8 Å². The number of rotatable bonds is 3. The molecule has 0 unspecified atom stereocenters. The van der Waals surface area contributed by atoms with Gasteiger partial charge in [-0.2, -0.15) is 8.42 Å². The first-order valence-corrected chi connectivity index (χ1v) is 9.29. The Morgan fingerprint density at radius 2 is 1.71 bits per heavy atom. The van der Waals surface area contributed by atoms with Crippen LogP contribution in [0.2, 0.25) is 0 Å². The predicted octanol–water partition coefficient (Wildman–Crippen LogP) is 4.70. The lowest BCUT2D eigenvalue weighted by molar-refractivity contribution is 0.136. The maximum Gasteiger partial charge on any atom is 0.297 e. The summed E-state index contributed by atoms with van der Waals surface area (Å²) in [6.07, 6.45) is 5.00. The van der Waals surface area contributed by atoms with E-state index in [-0.39, 0.29) is 11.0 Å². The van der Waals surface area contributed by atoms with Crippen LogP contribution in [0.3, 0.4) is 0 Å². The fourth-order valence-corrected chi connectivity index (χ4v) is 3.52. The zero-order chi connectivity index (χ0) is 15.9. The highest BCUT2D eigenvalue weighted by molar-refractivity contribution is 7.86. The van der Waals surface area contributed by atoms with Gasteiger partial charge in [-0.1, -0.05) is 57.7 Å². The molecule has 0 aliphatic heterocycles. The van der Waals surface area contributed by atoms with E-state index in [1.807, 2.05) is 6.92 Å². The average molecular weight is 312 g/mol. The second-order valence-corrected chi connectivity index (χ2v) is 7.54. The maximum atomic E-state index is 12.1. The molecule has 1 saturated carbocycles. The number of aryl methyl sites for hydroxylation is 1. The lowest BCUT2D eigenvalue weighted by Crippen LogP contribution is -2.24. The topological polar surface area (TPSA) is 43.4 Å². The van der Waals surface area contributed by atoms with Gasteiger partial charge >= 0.3 is 0 Å². The molecule has 1 fully saturated rings. The molecule has 0 radical (unpaired) electrons. The SMILES string of the molecule is CCC.Cc1ccc(S(=O)(=O)O[C@H]2CCC[C@@H](C)C2)cc1. The van der Waals surface area contributed by atoms with Crippen molar-refractivity contribution < 1.29 is 12.6 Å². The second-order valence-electron chi connectivity index (χ2n) is 5.96. The molecule has 1 aliphatic rings. The van der Waals surface area contributed by atoms with Crippen LogP contribution in [0.4, 0.5) is 0 Å². The highest BCUT2D eigenvalue weighted by Gasteiger charge is 2.26. The van der Waals surface area contributed by atoms with Crippen molar-refractivity contribution in [1.29, 1.82) is 0 Å². The van der Waals surface area contributed by atoms with E-state index in [9.17, 15) is 8.42 Å². The summed E-state index contributed by atoms with van der Waals surface area (Å²) in [5.74, 6) is 0.553. The highest BCUT2D eigenvalue weighted by Crippen LogP contribution is 2.28. The smallest absolute Gasteiger partial charge is 0.263 e. The molecule has 0 spiro atoms. The molecule has 0 bridgehead atoms. The van der Waals surface area contributed by atoms with Crippen LogP contribution >= 0.6 is 0 Å². The third-order valence-electron chi connectivity index (χ3n) is 3.46. The molecule has 0 amide bonds. The first kappa shape index (κ1) is 18.2. The van der Waals surface area contributed by atoms with E-state index in [1.54, 1.807) is 24.3 Å². The molecular weight excluding hydrogens is 284 g/mol. The molecule has 0 N–H and O–H groups in total. The van der Waals surface area contributed by atoms with Crippen LogP contribution in [0.15, 0.2) is 29.2 Å². The van der Waals surface area contributed by atoms with Gasteiger partial charge in [-0.25, -0.2) is 0 Å². The highest BCUT2D eigenvalue weighted by atomic mass is 32.2. The molecule has 0 aromatic heterocycles. The zero-order valence-corrected chi connectivity index (χ0v) is 14.4. The normalized spacial score (nSPS) is 22.3. The van der Waals surface area contributed by atoms with Crippen molar-refractivity contribution >= 4 is 10.1 Å². The Morgan fingerprint density at radius 1 is 1.14 bits per heavy atom. The Balaban J connectivity index is 0.000000677. The standard InChI is InChI=1S/C14H20O3S.C3H8/c1-11-6-8-14(9-7-11)18(15,16)17-13-5-3-4-12(2)10-13;1-3-2/h6-9,12-13H,3-5,10H2,1-2H3;3H2,1-2H3/t12-,13+;/m1./s1. The van der Waals surface area contributed by atoms with Gasteiger partial charge in [-0.05, 0) is 37.8 Å². The Bertz CT molecular complexity index is 505. The van der Waals surface area contributed by atoms with Crippen LogP contribution in [0.5, 0.6) is 0 Å². The van der Waals surface area contributed by atoms with Gasteiger partial charge in [0.05, 0.1) is 11.0 Å². The van der Waals surface area contributed by atoms with Crippen molar-refractivity contribution in [2.75, 3.05) is 0 Å². The molecule has 1 aromatic carbocycles. The minimum Gasteiger partial charge on any atom is -0.263 e. The third kappa shape index (κ3) is 6.18. The molecule has 2 atom stereocenters. The molecule has 4 heteroatoms. The molecule has 0 heterocycles. The summed E-state index contributed by atoms with van der Waals surface area (Å²) in [6.45, 7) is 8.33. The molecule has 21 heavy (non-hydrogen) atoms. The number of benzene rings is 1. The monoisotopic (exact) mass is 312 g/mol. The van der Waals surface area contributed by atoms with Crippen molar-refractivity contribution in [2.24, 2.45) is 5.92 Å². The van der Waals surface area contributed by atoms with Crippen molar-refractivity contribution in [3.8, 4) is 0 Å². The third-order valence-corrected chi connectivity index (χ3v) is 4.84.